The van der Waals surface area contributed by atoms with Gasteiger partial charge in [0.1, 0.15) is 11.6 Å². The Morgan fingerprint density at radius 1 is 1.20 bits per heavy atom. The van der Waals surface area contributed by atoms with Crippen molar-refractivity contribution in [2.24, 2.45) is 11.3 Å². The third-order valence-corrected chi connectivity index (χ3v) is 3.58. The van der Waals surface area contributed by atoms with Crippen LogP contribution in [0.25, 0.3) is 0 Å². The molecule has 1 rings (SSSR count). The van der Waals surface area contributed by atoms with Gasteiger partial charge in [0.25, 0.3) is 0 Å². The molecule has 0 aliphatic rings. The van der Waals surface area contributed by atoms with Gasteiger partial charge in [0.05, 0.1) is 12.2 Å². The molecular weight excluding hydrogens is 292 g/mol. The molecule has 0 fully saturated rings. The minimum atomic E-state index is -4.73. The molecule has 1 aromatic rings. The Balaban J connectivity index is 2.84. The zero-order valence-electron chi connectivity index (χ0n) is 11.6. The van der Waals surface area contributed by atoms with Gasteiger partial charge in [-0.25, -0.2) is 4.39 Å². The molecule has 0 bridgehead atoms. The standard InChI is InChI=1S/C14H18F4OS/c1-13(2,3)9(8-20)7-19-10-4-5-12(15)11(6-10)14(16,17)18/h4-6,9,20H,7-8H2,1-3H3. The second-order valence-corrected chi connectivity index (χ2v) is 6.06. The van der Waals surface area contributed by atoms with Crippen LogP contribution in [0, 0.1) is 17.2 Å². The van der Waals surface area contributed by atoms with E-state index in [1.54, 1.807) is 0 Å². The molecule has 0 aliphatic carbocycles. The number of rotatable bonds is 4. The van der Waals surface area contributed by atoms with Crippen molar-refractivity contribution in [3.8, 4) is 5.75 Å². The fraction of sp³-hybridized carbons (Fsp3) is 0.571. The van der Waals surface area contributed by atoms with Crippen LogP contribution < -0.4 is 4.74 Å². The Kier molecular flexibility index (Phi) is 5.35. The van der Waals surface area contributed by atoms with Crippen molar-refractivity contribution in [1.29, 1.82) is 0 Å². The summed E-state index contributed by atoms with van der Waals surface area (Å²) in [5.41, 5.74) is -1.39. The molecule has 0 spiro atoms. The van der Waals surface area contributed by atoms with Gasteiger partial charge in [0.15, 0.2) is 0 Å². The van der Waals surface area contributed by atoms with E-state index in [4.69, 9.17) is 4.74 Å². The van der Waals surface area contributed by atoms with Crippen LogP contribution in [-0.4, -0.2) is 12.4 Å². The number of benzene rings is 1. The van der Waals surface area contributed by atoms with Gasteiger partial charge in [-0.2, -0.15) is 25.8 Å². The van der Waals surface area contributed by atoms with Crippen LogP contribution in [0.5, 0.6) is 5.75 Å². The van der Waals surface area contributed by atoms with Gasteiger partial charge < -0.3 is 4.74 Å². The van der Waals surface area contributed by atoms with Gasteiger partial charge in [0, 0.05) is 5.92 Å². The smallest absolute Gasteiger partial charge is 0.419 e. The van der Waals surface area contributed by atoms with E-state index in [2.05, 4.69) is 12.6 Å². The van der Waals surface area contributed by atoms with Crippen LogP contribution in [0.4, 0.5) is 17.6 Å². The number of hydrogen-bond donors (Lipinski definition) is 1. The highest BCUT2D eigenvalue weighted by Crippen LogP contribution is 2.34. The first-order valence-corrected chi connectivity index (χ1v) is 6.79. The van der Waals surface area contributed by atoms with E-state index < -0.39 is 17.6 Å². The average Bonchev–Trinajstić information content (AvgIpc) is 2.28. The zero-order valence-corrected chi connectivity index (χ0v) is 12.5. The summed E-state index contributed by atoms with van der Waals surface area (Å²) in [5.74, 6) is -0.664. The third-order valence-electron chi connectivity index (χ3n) is 3.14. The highest BCUT2D eigenvalue weighted by molar-refractivity contribution is 7.80. The molecule has 0 saturated heterocycles. The van der Waals surface area contributed by atoms with Gasteiger partial charge in [-0.15, -0.1) is 0 Å². The molecule has 1 atom stereocenters. The molecule has 20 heavy (non-hydrogen) atoms. The number of alkyl halides is 3. The molecule has 0 radical (unpaired) electrons. The monoisotopic (exact) mass is 310 g/mol. The highest BCUT2D eigenvalue weighted by atomic mass is 32.1. The molecule has 1 nitrogen and oxygen atoms in total. The van der Waals surface area contributed by atoms with Gasteiger partial charge >= 0.3 is 6.18 Å². The average molecular weight is 310 g/mol. The van der Waals surface area contributed by atoms with Crippen molar-refractivity contribution in [2.45, 2.75) is 26.9 Å². The van der Waals surface area contributed by atoms with Crippen molar-refractivity contribution in [1.82, 2.24) is 0 Å². The van der Waals surface area contributed by atoms with Gasteiger partial charge in [-0.05, 0) is 29.4 Å². The lowest BCUT2D eigenvalue weighted by atomic mass is 9.82. The van der Waals surface area contributed by atoms with E-state index in [0.29, 0.717) is 11.8 Å². The molecule has 0 heterocycles. The fourth-order valence-electron chi connectivity index (χ4n) is 1.58. The first-order valence-electron chi connectivity index (χ1n) is 6.16. The number of ether oxygens (including phenoxy) is 1. The summed E-state index contributed by atoms with van der Waals surface area (Å²) in [5, 5.41) is 0. The molecular formula is C14H18F4OS. The molecule has 1 unspecified atom stereocenters. The van der Waals surface area contributed by atoms with Crippen LogP contribution in [-0.2, 0) is 6.18 Å². The largest absolute Gasteiger partial charge is 0.493 e. The number of halogens is 4. The molecule has 6 heteroatoms. The normalized spacial score (nSPS) is 14.2. The maximum Gasteiger partial charge on any atom is 0.419 e. The molecule has 0 amide bonds. The molecule has 0 aliphatic heterocycles. The van der Waals surface area contributed by atoms with Crippen molar-refractivity contribution in [3.63, 3.8) is 0 Å². The Morgan fingerprint density at radius 3 is 2.25 bits per heavy atom. The summed E-state index contributed by atoms with van der Waals surface area (Å²) in [6, 6.07) is 2.65. The first-order chi connectivity index (χ1) is 9.05. The van der Waals surface area contributed by atoms with Gasteiger partial charge in [-0.3, -0.25) is 0 Å². The summed E-state index contributed by atoms with van der Waals surface area (Å²) in [6.45, 7) is 6.24. The minimum absolute atomic E-state index is 0.00904. The summed E-state index contributed by atoms with van der Waals surface area (Å²) in [6.07, 6.45) is -4.73. The fourth-order valence-corrected chi connectivity index (χ4v) is 2.24. The summed E-state index contributed by atoms with van der Waals surface area (Å²) >= 11 is 4.22. The maximum absolute atomic E-state index is 13.1. The predicted molar refractivity (Wildman–Crippen MR) is 73.7 cm³/mol. The second-order valence-electron chi connectivity index (χ2n) is 5.70. The van der Waals surface area contributed by atoms with Gasteiger partial charge in [-0.1, -0.05) is 20.8 Å². The predicted octanol–water partition coefficient (Wildman–Crippen LogP) is 4.82. The van der Waals surface area contributed by atoms with Crippen LogP contribution in [0.1, 0.15) is 26.3 Å². The van der Waals surface area contributed by atoms with Crippen molar-refractivity contribution in [3.05, 3.63) is 29.6 Å². The first kappa shape index (κ1) is 17.1. The van der Waals surface area contributed by atoms with Crippen molar-refractivity contribution < 1.29 is 22.3 Å². The topological polar surface area (TPSA) is 9.23 Å². The zero-order chi connectivity index (χ0) is 15.6. The van der Waals surface area contributed by atoms with E-state index in [1.807, 2.05) is 20.8 Å². The van der Waals surface area contributed by atoms with E-state index in [9.17, 15) is 17.6 Å². The van der Waals surface area contributed by atoms with Crippen LogP contribution in [0.2, 0.25) is 0 Å². The quantitative estimate of drug-likeness (QED) is 0.620. The van der Waals surface area contributed by atoms with E-state index in [-0.39, 0.29) is 23.7 Å². The summed E-state index contributed by atoms with van der Waals surface area (Å²) < 4.78 is 56.2. The lowest BCUT2D eigenvalue weighted by molar-refractivity contribution is -0.140. The maximum atomic E-state index is 13.1. The van der Waals surface area contributed by atoms with Crippen LogP contribution in [0.15, 0.2) is 18.2 Å². The Morgan fingerprint density at radius 2 is 1.80 bits per heavy atom. The van der Waals surface area contributed by atoms with Crippen LogP contribution in [0.3, 0.4) is 0 Å². The van der Waals surface area contributed by atoms with Crippen LogP contribution >= 0.6 is 12.6 Å². The second kappa shape index (κ2) is 6.24. The lowest BCUT2D eigenvalue weighted by Gasteiger charge is -2.29. The number of hydrogen-bond acceptors (Lipinski definition) is 2. The molecule has 0 aromatic heterocycles. The Labute approximate surface area is 121 Å². The molecule has 1 aromatic carbocycles. The SMILES string of the molecule is CC(C)(C)C(CS)COc1ccc(F)c(C(F)(F)F)c1. The van der Waals surface area contributed by atoms with Crippen molar-refractivity contribution >= 4 is 12.6 Å². The van der Waals surface area contributed by atoms with E-state index in [1.165, 1.54) is 6.07 Å². The Bertz CT molecular complexity index is 451. The van der Waals surface area contributed by atoms with Gasteiger partial charge in [0.2, 0.25) is 0 Å². The summed E-state index contributed by atoms with van der Waals surface area (Å²) in [4.78, 5) is 0. The highest BCUT2D eigenvalue weighted by Gasteiger charge is 2.34. The molecule has 114 valence electrons. The third kappa shape index (κ3) is 4.58. The molecule has 0 N–H and O–H groups in total. The van der Waals surface area contributed by atoms with E-state index >= 15 is 0 Å². The van der Waals surface area contributed by atoms with E-state index in [0.717, 1.165) is 6.07 Å². The molecule has 0 saturated carbocycles. The minimum Gasteiger partial charge on any atom is -0.493 e. The number of thiol groups is 1. The summed E-state index contributed by atoms with van der Waals surface area (Å²) in [7, 11) is 0. The Hall–Kier alpha value is -0.910. The lowest BCUT2D eigenvalue weighted by Crippen LogP contribution is -2.28. The van der Waals surface area contributed by atoms with Crippen molar-refractivity contribution in [2.75, 3.05) is 12.4 Å².